The van der Waals surface area contributed by atoms with Gasteiger partial charge in [0.2, 0.25) is 0 Å². The predicted octanol–water partition coefficient (Wildman–Crippen LogP) is 2.00. The molecule has 0 saturated carbocycles. The fourth-order valence-electron chi connectivity index (χ4n) is 1.05. The molecule has 0 bridgehead atoms. The number of benzene rings is 1. The van der Waals surface area contributed by atoms with Crippen LogP contribution in [0, 0.1) is 5.82 Å². The molecule has 1 aromatic carbocycles. The van der Waals surface area contributed by atoms with Gasteiger partial charge in [0.1, 0.15) is 19.0 Å². The molecule has 1 aromatic rings. The molecule has 3 nitrogen and oxygen atoms in total. The van der Waals surface area contributed by atoms with Gasteiger partial charge in [-0.15, -0.1) is 0 Å². The molecule has 0 aliphatic rings. The van der Waals surface area contributed by atoms with Crippen molar-refractivity contribution >= 4 is 6.29 Å². The molecule has 0 N–H and O–H groups in total. The van der Waals surface area contributed by atoms with Crippen molar-refractivity contribution in [2.45, 2.75) is 0 Å². The number of carbonyl (C=O) groups excluding carboxylic acids is 1. The van der Waals surface area contributed by atoms with Crippen molar-refractivity contribution in [3.05, 3.63) is 23.5 Å². The summed E-state index contributed by atoms with van der Waals surface area (Å²) >= 11 is 0. The Bertz CT molecular complexity index is 353. The maximum absolute atomic E-state index is 13.4. The molecule has 0 aromatic heterocycles. The van der Waals surface area contributed by atoms with Crippen LogP contribution in [-0.4, -0.2) is 26.7 Å². The maximum atomic E-state index is 13.4. The lowest BCUT2D eigenvalue weighted by Crippen LogP contribution is -2.03. The smallest absolute Gasteiger partial charge is 0.175 e. The van der Waals surface area contributed by atoms with Gasteiger partial charge in [-0.3, -0.25) is 4.79 Å². The number of carbonyl (C=O) groups is 1. The lowest BCUT2D eigenvalue weighted by Gasteiger charge is -2.08. The third kappa shape index (κ3) is 2.65. The second kappa shape index (κ2) is 5.29. The molecule has 0 radical (unpaired) electrons. The van der Waals surface area contributed by atoms with Gasteiger partial charge in [-0.25, -0.2) is 8.78 Å². The average Bonchev–Trinajstić information content (AvgIpc) is 2.27. The number of rotatable bonds is 5. The highest BCUT2D eigenvalue weighted by Crippen LogP contribution is 2.26. The quantitative estimate of drug-likeness (QED) is 0.706. The van der Waals surface area contributed by atoms with Gasteiger partial charge in [0.05, 0.1) is 12.7 Å². The minimum absolute atomic E-state index is 0.178. The third-order valence-corrected chi connectivity index (χ3v) is 1.74. The van der Waals surface area contributed by atoms with Crippen molar-refractivity contribution < 1.29 is 23.0 Å². The summed E-state index contributed by atoms with van der Waals surface area (Å²) in [6.07, 6.45) is 0.347. The molecule has 0 atom stereocenters. The number of halogens is 2. The van der Waals surface area contributed by atoms with Crippen molar-refractivity contribution in [3.63, 3.8) is 0 Å². The van der Waals surface area contributed by atoms with E-state index >= 15 is 0 Å². The van der Waals surface area contributed by atoms with Crippen molar-refractivity contribution in [2.75, 3.05) is 20.4 Å². The molecule has 0 aliphatic carbocycles. The summed E-state index contributed by atoms with van der Waals surface area (Å²) in [5.41, 5.74) is -0.178. The van der Waals surface area contributed by atoms with E-state index in [0.29, 0.717) is 6.29 Å². The summed E-state index contributed by atoms with van der Waals surface area (Å²) in [4.78, 5) is 10.5. The Balaban J connectivity index is 3.06. The summed E-state index contributed by atoms with van der Waals surface area (Å²) in [7, 11) is 1.38. The Labute approximate surface area is 85.6 Å². The van der Waals surface area contributed by atoms with Crippen LogP contribution < -0.4 is 9.47 Å². The number of hydrogen-bond acceptors (Lipinski definition) is 3. The van der Waals surface area contributed by atoms with Crippen LogP contribution >= 0.6 is 0 Å². The van der Waals surface area contributed by atoms with Gasteiger partial charge in [-0.05, 0) is 6.07 Å². The topological polar surface area (TPSA) is 35.5 Å². The van der Waals surface area contributed by atoms with Gasteiger partial charge in [-0.1, -0.05) is 0 Å². The Kier molecular flexibility index (Phi) is 4.03. The first kappa shape index (κ1) is 11.4. The summed E-state index contributed by atoms with van der Waals surface area (Å²) in [6.45, 7) is -0.991. The molecule has 5 heteroatoms. The van der Waals surface area contributed by atoms with E-state index in [9.17, 15) is 13.6 Å². The van der Waals surface area contributed by atoms with Gasteiger partial charge in [0.25, 0.3) is 0 Å². The zero-order chi connectivity index (χ0) is 11.3. The Morgan fingerprint density at radius 1 is 1.47 bits per heavy atom. The van der Waals surface area contributed by atoms with Gasteiger partial charge >= 0.3 is 0 Å². The lowest BCUT2D eigenvalue weighted by molar-refractivity contribution is 0.111. The summed E-state index contributed by atoms with van der Waals surface area (Å²) < 4.78 is 34.8. The van der Waals surface area contributed by atoms with E-state index in [1.807, 2.05) is 0 Å². The van der Waals surface area contributed by atoms with Crippen LogP contribution in [0.25, 0.3) is 0 Å². The van der Waals surface area contributed by atoms with Crippen LogP contribution in [0.3, 0.4) is 0 Å². The van der Waals surface area contributed by atoms with Crippen molar-refractivity contribution in [1.82, 2.24) is 0 Å². The first-order chi connectivity index (χ1) is 7.22. The number of hydrogen-bond donors (Lipinski definition) is 0. The number of alkyl halides is 1. The van der Waals surface area contributed by atoms with E-state index in [4.69, 9.17) is 9.47 Å². The molecular weight excluding hydrogens is 206 g/mol. The zero-order valence-corrected chi connectivity index (χ0v) is 8.13. The monoisotopic (exact) mass is 216 g/mol. The van der Waals surface area contributed by atoms with E-state index in [2.05, 4.69) is 0 Å². The van der Waals surface area contributed by atoms with E-state index in [1.165, 1.54) is 19.2 Å². The Morgan fingerprint density at radius 2 is 2.20 bits per heavy atom. The van der Waals surface area contributed by atoms with Crippen LogP contribution in [-0.2, 0) is 0 Å². The second-order valence-electron chi connectivity index (χ2n) is 2.68. The fourth-order valence-corrected chi connectivity index (χ4v) is 1.05. The number of methoxy groups -OCH3 is 1. The molecule has 0 heterocycles. The molecular formula is C10H10F2O3. The van der Waals surface area contributed by atoms with Crippen molar-refractivity contribution in [3.8, 4) is 11.5 Å². The van der Waals surface area contributed by atoms with Gasteiger partial charge < -0.3 is 9.47 Å². The standard InChI is InChI=1S/C10H10F2O3/c1-14-8-4-7(6-13)10(12)9(5-8)15-3-2-11/h4-6H,2-3H2,1H3. The van der Waals surface area contributed by atoms with Crippen LogP contribution in [0.2, 0.25) is 0 Å². The minimum Gasteiger partial charge on any atom is -0.497 e. The Hall–Kier alpha value is -1.65. The average molecular weight is 216 g/mol. The minimum atomic E-state index is -0.806. The third-order valence-electron chi connectivity index (χ3n) is 1.74. The van der Waals surface area contributed by atoms with E-state index in [0.717, 1.165) is 0 Å². The highest BCUT2D eigenvalue weighted by Gasteiger charge is 2.11. The normalized spacial score (nSPS) is 9.80. The molecule has 1 rings (SSSR count). The number of aldehydes is 1. The largest absolute Gasteiger partial charge is 0.497 e. The highest BCUT2D eigenvalue weighted by atomic mass is 19.1. The lowest BCUT2D eigenvalue weighted by atomic mass is 10.2. The van der Waals surface area contributed by atoms with E-state index in [1.54, 1.807) is 0 Å². The highest BCUT2D eigenvalue weighted by molar-refractivity contribution is 5.77. The molecule has 0 saturated heterocycles. The molecule has 82 valence electrons. The summed E-state index contributed by atoms with van der Waals surface area (Å²) in [5.74, 6) is -0.708. The van der Waals surface area contributed by atoms with E-state index < -0.39 is 12.5 Å². The molecule has 0 fully saturated rings. The summed E-state index contributed by atoms with van der Waals surface area (Å²) in [6, 6.07) is 2.50. The molecule has 15 heavy (non-hydrogen) atoms. The molecule has 0 unspecified atom stereocenters. The Morgan fingerprint density at radius 3 is 2.73 bits per heavy atom. The fraction of sp³-hybridized carbons (Fsp3) is 0.300. The molecule has 0 amide bonds. The first-order valence-electron chi connectivity index (χ1n) is 4.24. The first-order valence-corrected chi connectivity index (χ1v) is 4.24. The van der Waals surface area contributed by atoms with Gasteiger partial charge in [-0.2, -0.15) is 0 Å². The number of ether oxygens (including phenoxy) is 2. The van der Waals surface area contributed by atoms with Crippen LogP contribution in [0.5, 0.6) is 11.5 Å². The maximum Gasteiger partial charge on any atom is 0.175 e. The van der Waals surface area contributed by atoms with Crippen molar-refractivity contribution in [1.29, 1.82) is 0 Å². The van der Waals surface area contributed by atoms with Gasteiger partial charge in [0.15, 0.2) is 17.9 Å². The van der Waals surface area contributed by atoms with Crippen LogP contribution in [0.1, 0.15) is 10.4 Å². The van der Waals surface area contributed by atoms with E-state index in [-0.39, 0.29) is 23.7 Å². The van der Waals surface area contributed by atoms with Crippen LogP contribution in [0.15, 0.2) is 12.1 Å². The van der Waals surface area contributed by atoms with Gasteiger partial charge in [0, 0.05) is 6.07 Å². The molecule has 0 spiro atoms. The van der Waals surface area contributed by atoms with Crippen LogP contribution in [0.4, 0.5) is 8.78 Å². The zero-order valence-electron chi connectivity index (χ0n) is 8.13. The van der Waals surface area contributed by atoms with Crippen molar-refractivity contribution in [2.24, 2.45) is 0 Å². The summed E-state index contributed by atoms with van der Waals surface area (Å²) in [5, 5.41) is 0. The molecule has 0 aliphatic heterocycles. The second-order valence-corrected chi connectivity index (χ2v) is 2.68. The SMILES string of the molecule is COc1cc(C=O)c(F)c(OCCF)c1. The predicted molar refractivity (Wildman–Crippen MR) is 49.8 cm³/mol.